The molecule has 4 heteroatoms. The first-order valence-corrected chi connectivity index (χ1v) is 5.72. The Bertz CT molecular complexity index is 543. The topological polar surface area (TPSA) is 45.8 Å². The lowest BCUT2D eigenvalue weighted by molar-refractivity contribution is 0.0969. The molecule has 0 amide bonds. The molecule has 76 valence electrons. The van der Waals surface area contributed by atoms with Gasteiger partial charge in [-0.1, -0.05) is 0 Å². The van der Waals surface area contributed by atoms with Gasteiger partial charge in [-0.15, -0.1) is 0 Å². The van der Waals surface area contributed by atoms with E-state index in [0.717, 1.165) is 33.9 Å². The highest BCUT2D eigenvalue weighted by atomic mass is 79.9. The van der Waals surface area contributed by atoms with Gasteiger partial charge in [0.2, 0.25) is 0 Å². The molecule has 2 aromatic rings. The van der Waals surface area contributed by atoms with Crippen molar-refractivity contribution >= 4 is 32.7 Å². The van der Waals surface area contributed by atoms with E-state index in [1.54, 1.807) is 12.4 Å². The fourth-order valence-corrected chi connectivity index (χ4v) is 2.08. The second-order valence-corrected chi connectivity index (χ2v) is 4.81. The quantitative estimate of drug-likeness (QED) is 0.848. The maximum Gasteiger partial charge on any atom is 0.168 e. The minimum Gasteiger partial charge on any atom is -0.345 e. The van der Waals surface area contributed by atoms with E-state index < -0.39 is 0 Å². The zero-order chi connectivity index (χ0) is 10.4. The number of halogens is 1. The van der Waals surface area contributed by atoms with Gasteiger partial charge in [0.25, 0.3) is 0 Å². The van der Waals surface area contributed by atoms with Crippen LogP contribution in [-0.2, 0) is 0 Å². The predicted molar refractivity (Wildman–Crippen MR) is 60.8 cm³/mol. The number of hydrogen-bond donors (Lipinski definition) is 1. The molecule has 3 nitrogen and oxygen atoms in total. The van der Waals surface area contributed by atoms with Gasteiger partial charge in [0, 0.05) is 33.7 Å². The number of H-pyrrole nitrogens is 1. The molecular weight excluding hydrogens is 256 g/mol. The highest BCUT2D eigenvalue weighted by Gasteiger charge is 2.31. The van der Waals surface area contributed by atoms with Gasteiger partial charge in [0.05, 0.1) is 0 Å². The van der Waals surface area contributed by atoms with Gasteiger partial charge in [-0.05, 0) is 34.8 Å². The molecule has 15 heavy (non-hydrogen) atoms. The molecule has 1 saturated carbocycles. The van der Waals surface area contributed by atoms with E-state index >= 15 is 0 Å². The van der Waals surface area contributed by atoms with Gasteiger partial charge in [0.15, 0.2) is 5.78 Å². The zero-order valence-electron chi connectivity index (χ0n) is 7.96. The lowest BCUT2D eigenvalue weighted by Gasteiger charge is -1.96. The Morgan fingerprint density at radius 2 is 2.33 bits per heavy atom. The van der Waals surface area contributed by atoms with Gasteiger partial charge in [0.1, 0.15) is 5.65 Å². The van der Waals surface area contributed by atoms with Crippen molar-refractivity contribution in [2.75, 3.05) is 0 Å². The Kier molecular flexibility index (Phi) is 1.92. The molecule has 0 aliphatic heterocycles. The summed E-state index contributed by atoms with van der Waals surface area (Å²) in [5, 5.41) is 0.918. The zero-order valence-corrected chi connectivity index (χ0v) is 9.54. The van der Waals surface area contributed by atoms with E-state index in [-0.39, 0.29) is 11.7 Å². The first kappa shape index (κ1) is 9.09. The molecule has 0 bridgehead atoms. The van der Waals surface area contributed by atoms with Gasteiger partial charge in [-0.25, -0.2) is 4.98 Å². The van der Waals surface area contributed by atoms with Crippen LogP contribution in [0.2, 0.25) is 0 Å². The number of fused-ring (bicyclic) bond motifs is 1. The highest BCUT2D eigenvalue weighted by Crippen LogP contribution is 2.34. The molecule has 0 saturated heterocycles. The lowest BCUT2D eigenvalue weighted by atomic mass is 10.1. The summed E-state index contributed by atoms with van der Waals surface area (Å²) in [5.41, 5.74) is 1.56. The summed E-state index contributed by atoms with van der Waals surface area (Å²) in [6, 6.07) is 1.94. The van der Waals surface area contributed by atoms with Gasteiger partial charge >= 0.3 is 0 Å². The molecule has 1 aliphatic carbocycles. The molecule has 3 rings (SSSR count). The number of pyridine rings is 1. The molecule has 1 N–H and O–H groups in total. The van der Waals surface area contributed by atoms with Gasteiger partial charge in [-0.2, -0.15) is 0 Å². The maximum atomic E-state index is 11.9. The van der Waals surface area contributed by atoms with Crippen molar-refractivity contribution in [3.05, 3.63) is 28.5 Å². The molecule has 0 unspecified atom stereocenters. The summed E-state index contributed by atoms with van der Waals surface area (Å²) >= 11 is 3.37. The Balaban J connectivity index is 2.17. The standard InChI is InChI=1S/C11H9BrN2O/c12-7-3-8-9(10(15)6-1-2-6)5-14-11(8)13-4-7/h3-6H,1-2H2,(H,13,14). The minimum absolute atomic E-state index is 0.251. The molecule has 0 atom stereocenters. The van der Waals surface area contributed by atoms with Gasteiger partial charge in [-0.3, -0.25) is 4.79 Å². The van der Waals surface area contributed by atoms with Crippen LogP contribution in [0.15, 0.2) is 22.9 Å². The Hall–Kier alpha value is -1.16. The van der Waals surface area contributed by atoms with Crippen LogP contribution < -0.4 is 0 Å². The number of ketones is 1. The number of rotatable bonds is 2. The molecule has 2 aromatic heterocycles. The summed E-state index contributed by atoms with van der Waals surface area (Å²) in [5.74, 6) is 0.504. The minimum atomic E-state index is 0.251. The average Bonchev–Trinajstić information content (AvgIpc) is 2.98. The summed E-state index contributed by atoms with van der Waals surface area (Å²) in [6.45, 7) is 0. The third-order valence-electron chi connectivity index (χ3n) is 2.71. The van der Waals surface area contributed by atoms with Crippen LogP contribution in [0.4, 0.5) is 0 Å². The first-order valence-electron chi connectivity index (χ1n) is 4.92. The molecule has 1 fully saturated rings. The van der Waals surface area contributed by atoms with Crippen LogP contribution in [0.3, 0.4) is 0 Å². The number of nitrogens with zero attached hydrogens (tertiary/aromatic N) is 1. The molecular formula is C11H9BrN2O. The monoisotopic (exact) mass is 264 g/mol. The summed E-state index contributed by atoms with van der Waals surface area (Å²) in [7, 11) is 0. The van der Waals surface area contributed by atoms with E-state index in [0.29, 0.717) is 0 Å². The third kappa shape index (κ3) is 1.49. The number of carbonyl (C=O) groups excluding carboxylic acids is 1. The SMILES string of the molecule is O=C(c1c[nH]c2ncc(Br)cc12)C1CC1. The lowest BCUT2D eigenvalue weighted by Crippen LogP contribution is -1.99. The summed E-state index contributed by atoms with van der Waals surface area (Å²) < 4.78 is 0.902. The second-order valence-electron chi connectivity index (χ2n) is 3.89. The molecule has 0 radical (unpaired) electrons. The summed E-state index contributed by atoms with van der Waals surface area (Å²) in [6.07, 6.45) is 5.56. The largest absolute Gasteiger partial charge is 0.345 e. The van der Waals surface area contributed by atoms with E-state index in [4.69, 9.17) is 0 Å². The highest BCUT2D eigenvalue weighted by molar-refractivity contribution is 9.10. The van der Waals surface area contributed by atoms with Crippen LogP contribution in [0, 0.1) is 5.92 Å². The van der Waals surface area contributed by atoms with Gasteiger partial charge < -0.3 is 4.98 Å². The van der Waals surface area contributed by atoms with E-state index in [9.17, 15) is 4.79 Å². The van der Waals surface area contributed by atoms with Crippen molar-refractivity contribution < 1.29 is 4.79 Å². The van der Waals surface area contributed by atoms with Crippen LogP contribution >= 0.6 is 15.9 Å². The van der Waals surface area contributed by atoms with E-state index in [1.807, 2.05) is 6.07 Å². The van der Waals surface area contributed by atoms with Crippen LogP contribution in [0.25, 0.3) is 11.0 Å². The second kappa shape index (κ2) is 3.17. The van der Waals surface area contributed by atoms with E-state index in [1.165, 1.54) is 0 Å². The number of nitrogens with one attached hydrogen (secondary N) is 1. The average molecular weight is 265 g/mol. The maximum absolute atomic E-state index is 11.9. The third-order valence-corrected chi connectivity index (χ3v) is 3.14. The Morgan fingerprint density at radius 3 is 3.07 bits per heavy atom. The first-order chi connectivity index (χ1) is 7.25. The molecule has 0 spiro atoms. The fraction of sp³-hybridized carbons (Fsp3) is 0.273. The number of aromatic amines is 1. The summed E-state index contributed by atoms with van der Waals surface area (Å²) in [4.78, 5) is 19.2. The number of hydrogen-bond acceptors (Lipinski definition) is 2. The Morgan fingerprint density at radius 1 is 1.53 bits per heavy atom. The van der Waals surface area contributed by atoms with Crippen molar-refractivity contribution in [2.45, 2.75) is 12.8 Å². The van der Waals surface area contributed by atoms with Crippen LogP contribution in [-0.4, -0.2) is 15.8 Å². The number of aromatic nitrogens is 2. The van der Waals surface area contributed by atoms with Crippen molar-refractivity contribution in [2.24, 2.45) is 5.92 Å². The van der Waals surface area contributed by atoms with Crippen molar-refractivity contribution in [1.29, 1.82) is 0 Å². The van der Waals surface area contributed by atoms with Crippen molar-refractivity contribution in [3.8, 4) is 0 Å². The Labute approximate surface area is 95.0 Å². The van der Waals surface area contributed by atoms with E-state index in [2.05, 4.69) is 25.9 Å². The molecule has 1 aliphatic rings. The predicted octanol–water partition coefficient (Wildman–Crippen LogP) is 2.92. The van der Waals surface area contributed by atoms with Crippen LogP contribution in [0.1, 0.15) is 23.2 Å². The molecule has 0 aromatic carbocycles. The normalized spacial score (nSPS) is 15.8. The number of carbonyl (C=O) groups is 1. The van der Waals surface area contributed by atoms with Crippen molar-refractivity contribution in [3.63, 3.8) is 0 Å². The van der Waals surface area contributed by atoms with Crippen LogP contribution in [0.5, 0.6) is 0 Å². The fourth-order valence-electron chi connectivity index (χ4n) is 1.75. The smallest absolute Gasteiger partial charge is 0.168 e. The number of Topliss-reactive ketones (excluding diaryl/α,β-unsaturated/α-hetero) is 1. The van der Waals surface area contributed by atoms with Crippen molar-refractivity contribution in [1.82, 2.24) is 9.97 Å². The molecule has 2 heterocycles.